The number of rotatable bonds is 11. The van der Waals surface area contributed by atoms with Crippen LogP contribution in [0.2, 0.25) is 0 Å². The molecule has 0 bridgehead atoms. The van der Waals surface area contributed by atoms with E-state index < -0.39 is 0 Å². The molecule has 1 unspecified atom stereocenters. The van der Waals surface area contributed by atoms with Crippen LogP contribution >= 0.6 is 24.0 Å². The van der Waals surface area contributed by atoms with Gasteiger partial charge in [-0.1, -0.05) is 12.1 Å². The molecule has 0 spiro atoms. The molecule has 0 amide bonds. The summed E-state index contributed by atoms with van der Waals surface area (Å²) in [5.41, 5.74) is 0. The fraction of sp³-hybridized carbons (Fsp3) is 0.611. The van der Waals surface area contributed by atoms with E-state index in [1.807, 2.05) is 6.92 Å². The van der Waals surface area contributed by atoms with Crippen molar-refractivity contribution < 1.29 is 13.9 Å². The number of methoxy groups -OCH3 is 1. The smallest absolute Gasteiger partial charge is 0.191 e. The van der Waals surface area contributed by atoms with E-state index in [2.05, 4.69) is 27.6 Å². The largest absolute Gasteiger partial charge is 0.486 e. The molecular weight excluding hydrogens is 450 g/mol. The highest BCUT2D eigenvalue weighted by molar-refractivity contribution is 14.0. The van der Waals surface area contributed by atoms with Crippen molar-refractivity contribution in [2.24, 2.45) is 4.99 Å². The zero-order chi connectivity index (χ0) is 18.5. The first-order valence-corrected chi connectivity index (χ1v) is 8.60. The highest BCUT2D eigenvalue weighted by Crippen LogP contribution is 2.16. The molecule has 0 aliphatic carbocycles. The maximum absolute atomic E-state index is 13.6. The molecule has 1 atom stereocenters. The highest BCUT2D eigenvalue weighted by Gasteiger charge is 2.09. The van der Waals surface area contributed by atoms with Crippen LogP contribution in [0.25, 0.3) is 0 Å². The quantitative estimate of drug-likeness (QED) is 0.220. The van der Waals surface area contributed by atoms with Crippen molar-refractivity contribution in [2.75, 3.05) is 54.0 Å². The molecule has 0 aliphatic heterocycles. The summed E-state index contributed by atoms with van der Waals surface area (Å²) >= 11 is 0. The number of hydrogen-bond acceptors (Lipinski definition) is 4. The highest BCUT2D eigenvalue weighted by atomic mass is 127. The molecule has 1 aromatic carbocycles. The van der Waals surface area contributed by atoms with Crippen molar-refractivity contribution in [1.82, 2.24) is 15.5 Å². The van der Waals surface area contributed by atoms with Gasteiger partial charge >= 0.3 is 0 Å². The van der Waals surface area contributed by atoms with Gasteiger partial charge in [-0.25, -0.2) is 4.39 Å². The molecule has 8 heteroatoms. The van der Waals surface area contributed by atoms with Crippen LogP contribution in [0.15, 0.2) is 29.3 Å². The third-order valence-corrected chi connectivity index (χ3v) is 3.62. The number of para-hydroxylation sites is 1. The Hall–Kier alpha value is -1.13. The molecule has 0 saturated carbocycles. The van der Waals surface area contributed by atoms with Gasteiger partial charge in [-0.3, -0.25) is 4.99 Å². The van der Waals surface area contributed by atoms with Crippen LogP contribution in [0.1, 0.15) is 13.3 Å². The summed E-state index contributed by atoms with van der Waals surface area (Å²) in [7, 11) is 5.52. The van der Waals surface area contributed by atoms with E-state index in [1.165, 1.54) is 6.07 Å². The molecular formula is C18H32FIN4O2. The number of nitrogens with zero attached hydrogens (tertiary/aromatic N) is 2. The lowest BCUT2D eigenvalue weighted by Crippen LogP contribution is -2.44. The molecule has 2 N–H and O–H groups in total. The summed E-state index contributed by atoms with van der Waals surface area (Å²) in [6, 6.07) is 6.41. The number of nitrogens with one attached hydrogen (secondary N) is 2. The van der Waals surface area contributed by atoms with E-state index in [9.17, 15) is 4.39 Å². The van der Waals surface area contributed by atoms with Crippen LogP contribution in [0.3, 0.4) is 0 Å². The van der Waals surface area contributed by atoms with Gasteiger partial charge in [0, 0.05) is 40.4 Å². The Balaban J connectivity index is 0.00000625. The topological polar surface area (TPSA) is 58.1 Å². The third-order valence-electron chi connectivity index (χ3n) is 3.62. The molecule has 0 aromatic heterocycles. The van der Waals surface area contributed by atoms with E-state index in [0.29, 0.717) is 12.5 Å². The second kappa shape index (κ2) is 15.0. The summed E-state index contributed by atoms with van der Waals surface area (Å²) in [5.74, 6) is 0.611. The second-order valence-electron chi connectivity index (χ2n) is 5.89. The van der Waals surface area contributed by atoms with Crippen molar-refractivity contribution in [1.29, 1.82) is 0 Å². The number of ether oxygens (including phenoxy) is 2. The molecule has 0 radical (unpaired) electrons. The summed E-state index contributed by atoms with van der Waals surface area (Å²) in [6.45, 7) is 5.88. The fourth-order valence-electron chi connectivity index (χ4n) is 2.22. The summed E-state index contributed by atoms with van der Waals surface area (Å²) in [6.07, 6.45) is 0.831. The van der Waals surface area contributed by atoms with Gasteiger partial charge in [0.25, 0.3) is 0 Å². The monoisotopic (exact) mass is 482 g/mol. The van der Waals surface area contributed by atoms with Crippen molar-refractivity contribution in [3.8, 4) is 5.75 Å². The summed E-state index contributed by atoms with van der Waals surface area (Å²) < 4.78 is 24.2. The average molecular weight is 482 g/mol. The van der Waals surface area contributed by atoms with Gasteiger partial charge in [-0.05, 0) is 32.5 Å². The van der Waals surface area contributed by atoms with Crippen molar-refractivity contribution in [3.05, 3.63) is 30.1 Å². The Kier molecular flexibility index (Phi) is 14.3. The molecule has 0 saturated heterocycles. The average Bonchev–Trinajstić information content (AvgIpc) is 2.60. The van der Waals surface area contributed by atoms with Crippen LogP contribution in [-0.4, -0.2) is 71.0 Å². The molecule has 26 heavy (non-hydrogen) atoms. The Morgan fingerprint density at radius 1 is 1.27 bits per heavy atom. The predicted molar refractivity (Wildman–Crippen MR) is 115 cm³/mol. The minimum Gasteiger partial charge on any atom is -0.486 e. The number of halogens is 2. The molecule has 150 valence electrons. The standard InChI is InChI=1S/C18H31FN4O2.HI/c1-15(25-17-9-6-5-8-16(17)19)14-22-18(20-2)21-10-12-23(3)11-7-13-24-4;/h5-6,8-9,15H,7,10-14H2,1-4H3,(H2,20,21,22);1H. The first kappa shape index (κ1) is 24.9. The van der Waals surface area contributed by atoms with Crippen LogP contribution < -0.4 is 15.4 Å². The maximum atomic E-state index is 13.6. The Labute approximate surface area is 173 Å². The molecule has 0 aliphatic rings. The van der Waals surface area contributed by atoms with Crippen molar-refractivity contribution in [3.63, 3.8) is 0 Å². The first-order chi connectivity index (χ1) is 12.1. The summed E-state index contributed by atoms with van der Waals surface area (Å²) in [5, 5.41) is 6.45. The van der Waals surface area contributed by atoms with E-state index in [-0.39, 0.29) is 41.6 Å². The van der Waals surface area contributed by atoms with Gasteiger partial charge in [0.15, 0.2) is 17.5 Å². The molecule has 6 nitrogen and oxygen atoms in total. The predicted octanol–water partition coefficient (Wildman–Crippen LogP) is 2.34. The minimum atomic E-state index is -0.353. The van der Waals surface area contributed by atoms with Gasteiger partial charge in [0.05, 0.1) is 6.54 Å². The van der Waals surface area contributed by atoms with Crippen LogP contribution in [0.4, 0.5) is 4.39 Å². The van der Waals surface area contributed by atoms with E-state index in [0.717, 1.165) is 32.7 Å². The van der Waals surface area contributed by atoms with Gasteiger partial charge < -0.3 is 25.0 Å². The number of guanidine groups is 1. The van der Waals surface area contributed by atoms with E-state index >= 15 is 0 Å². The number of likely N-dealkylation sites (N-methyl/N-ethyl adjacent to an activating group) is 1. The second-order valence-corrected chi connectivity index (χ2v) is 5.89. The lowest BCUT2D eigenvalue weighted by molar-refractivity contribution is 0.180. The maximum Gasteiger partial charge on any atom is 0.191 e. The van der Waals surface area contributed by atoms with Gasteiger partial charge in [-0.15, -0.1) is 24.0 Å². The van der Waals surface area contributed by atoms with Gasteiger partial charge in [0.2, 0.25) is 0 Å². The SMILES string of the molecule is CN=C(NCCN(C)CCCOC)NCC(C)Oc1ccccc1F.I. The molecule has 1 aromatic rings. The molecule has 0 heterocycles. The minimum absolute atomic E-state index is 0. The zero-order valence-corrected chi connectivity index (χ0v) is 18.5. The molecule has 1 rings (SSSR count). The van der Waals surface area contributed by atoms with Crippen LogP contribution in [-0.2, 0) is 4.74 Å². The Morgan fingerprint density at radius 2 is 2.00 bits per heavy atom. The van der Waals surface area contributed by atoms with Crippen LogP contribution in [0, 0.1) is 5.82 Å². The van der Waals surface area contributed by atoms with E-state index in [1.54, 1.807) is 32.4 Å². The first-order valence-electron chi connectivity index (χ1n) is 8.60. The van der Waals surface area contributed by atoms with E-state index in [4.69, 9.17) is 9.47 Å². The van der Waals surface area contributed by atoms with Gasteiger partial charge in [-0.2, -0.15) is 0 Å². The van der Waals surface area contributed by atoms with Crippen LogP contribution in [0.5, 0.6) is 5.75 Å². The fourth-order valence-corrected chi connectivity index (χ4v) is 2.22. The summed E-state index contributed by atoms with van der Waals surface area (Å²) in [4.78, 5) is 6.42. The number of hydrogen-bond donors (Lipinski definition) is 2. The normalized spacial score (nSPS) is 12.5. The zero-order valence-electron chi connectivity index (χ0n) is 16.1. The third kappa shape index (κ3) is 10.8. The number of aliphatic imine (C=N–C) groups is 1. The lowest BCUT2D eigenvalue weighted by Gasteiger charge is -2.20. The Bertz CT molecular complexity index is 520. The lowest BCUT2D eigenvalue weighted by atomic mass is 10.3. The number of benzene rings is 1. The molecule has 0 fully saturated rings. The van der Waals surface area contributed by atoms with Crippen molar-refractivity contribution in [2.45, 2.75) is 19.4 Å². The van der Waals surface area contributed by atoms with Crippen molar-refractivity contribution >= 4 is 29.9 Å². The van der Waals surface area contributed by atoms with Gasteiger partial charge in [0.1, 0.15) is 6.10 Å². The Morgan fingerprint density at radius 3 is 2.65 bits per heavy atom.